The first-order valence-corrected chi connectivity index (χ1v) is 6.57. The van der Waals surface area contributed by atoms with Gasteiger partial charge in [-0.3, -0.25) is 4.79 Å². The smallest absolute Gasteiger partial charge is 0.308 e. The zero-order chi connectivity index (χ0) is 13.8. The van der Waals surface area contributed by atoms with Crippen molar-refractivity contribution in [1.82, 2.24) is 0 Å². The highest BCUT2D eigenvalue weighted by Gasteiger charge is 2.36. The Labute approximate surface area is 109 Å². The molecule has 0 aromatic carbocycles. The van der Waals surface area contributed by atoms with Gasteiger partial charge in [0.05, 0.1) is 24.7 Å². The predicted molar refractivity (Wildman–Crippen MR) is 68.0 cm³/mol. The van der Waals surface area contributed by atoms with Gasteiger partial charge in [0.25, 0.3) is 0 Å². The van der Waals surface area contributed by atoms with Crippen LogP contribution in [0.3, 0.4) is 0 Å². The van der Waals surface area contributed by atoms with E-state index in [1.54, 1.807) is 0 Å². The summed E-state index contributed by atoms with van der Waals surface area (Å²) in [4.78, 5) is 11.6. The lowest BCUT2D eigenvalue weighted by molar-refractivity contribution is -0.300. The summed E-state index contributed by atoms with van der Waals surface area (Å²) in [5.74, 6) is -0.889. The van der Waals surface area contributed by atoms with Gasteiger partial charge in [0.15, 0.2) is 5.79 Å². The number of hydrogen-bond acceptors (Lipinski definition) is 5. The van der Waals surface area contributed by atoms with Gasteiger partial charge in [-0.2, -0.15) is 0 Å². The van der Waals surface area contributed by atoms with E-state index in [0.717, 1.165) is 6.42 Å². The van der Waals surface area contributed by atoms with Crippen LogP contribution in [0.5, 0.6) is 0 Å². The van der Waals surface area contributed by atoms with Crippen LogP contribution in [0.2, 0.25) is 0 Å². The van der Waals surface area contributed by atoms with Gasteiger partial charge in [-0.05, 0) is 40.7 Å². The summed E-state index contributed by atoms with van der Waals surface area (Å²) < 4.78 is 16.6. The Hall–Kier alpha value is -0.650. The summed E-state index contributed by atoms with van der Waals surface area (Å²) in [5.41, 5.74) is 5.55. The Morgan fingerprint density at radius 3 is 2.56 bits per heavy atom. The minimum atomic E-state index is -0.666. The maximum atomic E-state index is 11.6. The third-order valence-electron chi connectivity index (χ3n) is 2.68. The molecule has 1 saturated heterocycles. The Morgan fingerprint density at radius 2 is 2.00 bits per heavy atom. The van der Waals surface area contributed by atoms with Crippen molar-refractivity contribution >= 4 is 5.97 Å². The molecule has 2 N–H and O–H groups in total. The molecule has 0 amide bonds. The van der Waals surface area contributed by atoms with Crippen molar-refractivity contribution in [2.75, 3.05) is 6.54 Å². The van der Waals surface area contributed by atoms with Crippen LogP contribution in [0.1, 0.15) is 47.0 Å². The van der Waals surface area contributed by atoms with E-state index in [-0.39, 0.29) is 30.7 Å². The number of esters is 1. The fraction of sp³-hybridized carbons (Fsp3) is 0.923. The first-order chi connectivity index (χ1) is 8.32. The van der Waals surface area contributed by atoms with E-state index in [1.165, 1.54) is 0 Å². The number of ether oxygens (including phenoxy) is 3. The van der Waals surface area contributed by atoms with Crippen molar-refractivity contribution in [2.24, 2.45) is 5.73 Å². The van der Waals surface area contributed by atoms with Crippen LogP contribution in [-0.4, -0.2) is 36.6 Å². The minimum absolute atomic E-state index is 0.0515. The fourth-order valence-electron chi connectivity index (χ4n) is 2.20. The molecule has 1 rings (SSSR count). The van der Waals surface area contributed by atoms with Crippen LogP contribution in [0.25, 0.3) is 0 Å². The first kappa shape index (κ1) is 15.4. The zero-order valence-corrected chi connectivity index (χ0v) is 11.8. The molecule has 0 saturated carbocycles. The van der Waals surface area contributed by atoms with Crippen LogP contribution in [0.4, 0.5) is 0 Å². The van der Waals surface area contributed by atoms with Gasteiger partial charge in [0.2, 0.25) is 0 Å². The SMILES string of the molecule is CC(C)OC(=O)C[C@@H]1C[C@H](CCN)OC(C)(C)O1. The minimum Gasteiger partial charge on any atom is -0.463 e. The van der Waals surface area contributed by atoms with Crippen molar-refractivity contribution in [3.63, 3.8) is 0 Å². The molecule has 5 nitrogen and oxygen atoms in total. The monoisotopic (exact) mass is 259 g/mol. The molecule has 5 heteroatoms. The predicted octanol–water partition coefficient (Wildman–Crippen LogP) is 1.59. The van der Waals surface area contributed by atoms with Crippen molar-refractivity contribution in [2.45, 2.75) is 71.1 Å². The normalized spacial score (nSPS) is 27.2. The van der Waals surface area contributed by atoms with E-state index >= 15 is 0 Å². The summed E-state index contributed by atoms with van der Waals surface area (Å²) >= 11 is 0. The Kier molecular flexibility index (Phi) is 5.56. The molecule has 2 atom stereocenters. The summed E-state index contributed by atoms with van der Waals surface area (Å²) in [6.45, 7) is 7.96. The highest BCUT2D eigenvalue weighted by atomic mass is 16.7. The summed E-state index contributed by atoms with van der Waals surface area (Å²) in [5, 5.41) is 0. The third-order valence-corrected chi connectivity index (χ3v) is 2.68. The number of hydrogen-bond donors (Lipinski definition) is 1. The molecule has 0 radical (unpaired) electrons. The van der Waals surface area contributed by atoms with E-state index in [0.29, 0.717) is 13.0 Å². The van der Waals surface area contributed by atoms with E-state index < -0.39 is 5.79 Å². The molecule has 106 valence electrons. The Morgan fingerprint density at radius 1 is 1.39 bits per heavy atom. The van der Waals surface area contributed by atoms with E-state index in [9.17, 15) is 4.79 Å². The molecule has 0 aromatic heterocycles. The number of carbonyl (C=O) groups is 1. The zero-order valence-electron chi connectivity index (χ0n) is 11.8. The molecular weight excluding hydrogens is 234 g/mol. The molecule has 0 aliphatic carbocycles. The Balaban J connectivity index is 2.51. The van der Waals surface area contributed by atoms with E-state index in [2.05, 4.69) is 0 Å². The van der Waals surface area contributed by atoms with Crippen LogP contribution in [0.15, 0.2) is 0 Å². The third kappa shape index (κ3) is 5.33. The maximum absolute atomic E-state index is 11.6. The van der Waals surface area contributed by atoms with Crippen molar-refractivity contribution in [3.05, 3.63) is 0 Å². The van der Waals surface area contributed by atoms with Crippen LogP contribution in [0, 0.1) is 0 Å². The molecular formula is C13H25NO4. The van der Waals surface area contributed by atoms with Gasteiger partial charge in [-0.25, -0.2) is 0 Å². The summed E-state index contributed by atoms with van der Waals surface area (Å²) in [6, 6.07) is 0. The van der Waals surface area contributed by atoms with Crippen molar-refractivity contribution in [3.8, 4) is 0 Å². The van der Waals surface area contributed by atoms with E-state index in [1.807, 2.05) is 27.7 Å². The molecule has 1 aliphatic heterocycles. The van der Waals surface area contributed by atoms with Crippen LogP contribution < -0.4 is 5.73 Å². The molecule has 1 aliphatic rings. The lowest BCUT2D eigenvalue weighted by atomic mass is 10.0. The molecule has 0 bridgehead atoms. The molecule has 0 spiro atoms. The van der Waals surface area contributed by atoms with Gasteiger partial charge >= 0.3 is 5.97 Å². The van der Waals surface area contributed by atoms with Crippen LogP contribution in [-0.2, 0) is 19.0 Å². The molecule has 1 fully saturated rings. The lowest BCUT2D eigenvalue weighted by Crippen LogP contribution is -2.46. The quantitative estimate of drug-likeness (QED) is 0.759. The van der Waals surface area contributed by atoms with Gasteiger partial charge in [0.1, 0.15) is 0 Å². The maximum Gasteiger partial charge on any atom is 0.308 e. The van der Waals surface area contributed by atoms with Gasteiger partial charge in [-0.15, -0.1) is 0 Å². The van der Waals surface area contributed by atoms with Crippen LogP contribution >= 0.6 is 0 Å². The van der Waals surface area contributed by atoms with Gasteiger partial charge in [-0.1, -0.05) is 0 Å². The Bertz CT molecular complexity index is 278. The molecule has 0 unspecified atom stereocenters. The van der Waals surface area contributed by atoms with Crippen molar-refractivity contribution < 1.29 is 19.0 Å². The fourth-order valence-corrected chi connectivity index (χ4v) is 2.20. The van der Waals surface area contributed by atoms with Crippen molar-refractivity contribution in [1.29, 1.82) is 0 Å². The second-order valence-corrected chi connectivity index (χ2v) is 5.44. The molecule has 1 heterocycles. The second-order valence-electron chi connectivity index (χ2n) is 5.44. The average molecular weight is 259 g/mol. The topological polar surface area (TPSA) is 70.8 Å². The first-order valence-electron chi connectivity index (χ1n) is 6.57. The number of rotatable bonds is 5. The highest BCUT2D eigenvalue weighted by Crippen LogP contribution is 2.29. The molecule has 18 heavy (non-hydrogen) atoms. The number of carbonyl (C=O) groups excluding carboxylic acids is 1. The lowest BCUT2D eigenvalue weighted by Gasteiger charge is -2.40. The van der Waals surface area contributed by atoms with Gasteiger partial charge in [0, 0.05) is 6.42 Å². The highest BCUT2D eigenvalue weighted by molar-refractivity contribution is 5.70. The standard InChI is InChI=1S/C13H25NO4/c1-9(2)16-12(15)8-11-7-10(5-6-14)17-13(3,4)18-11/h9-11H,5-8,14H2,1-4H3/t10-,11-/m0/s1. The second kappa shape index (κ2) is 6.50. The summed E-state index contributed by atoms with van der Waals surface area (Å²) in [7, 11) is 0. The molecule has 0 aromatic rings. The summed E-state index contributed by atoms with van der Waals surface area (Å²) in [6.07, 6.45) is 1.54. The van der Waals surface area contributed by atoms with Gasteiger partial charge < -0.3 is 19.9 Å². The largest absolute Gasteiger partial charge is 0.463 e. The number of nitrogens with two attached hydrogens (primary N) is 1. The average Bonchev–Trinajstić information content (AvgIpc) is 2.12. The van der Waals surface area contributed by atoms with E-state index in [4.69, 9.17) is 19.9 Å².